The first-order valence-corrected chi connectivity index (χ1v) is 10.2. The van der Waals surface area contributed by atoms with Crippen LogP contribution in [0.3, 0.4) is 0 Å². The van der Waals surface area contributed by atoms with Gasteiger partial charge in [-0.1, -0.05) is 6.42 Å². The van der Waals surface area contributed by atoms with Gasteiger partial charge in [-0.15, -0.1) is 0 Å². The molecule has 1 saturated carbocycles. The first-order chi connectivity index (χ1) is 13.4. The molecule has 28 heavy (non-hydrogen) atoms. The Balaban J connectivity index is 1.68. The SMILES string of the molecule is Cc1c2c(c(=O)n3c1C(O)NC31CCCCC1)Nc1cc(C(C)N)ncc1C2. The molecule has 2 aromatic heterocycles. The van der Waals surface area contributed by atoms with Crippen LogP contribution < -0.4 is 21.9 Å². The smallest absolute Gasteiger partial charge is 0.276 e. The predicted molar refractivity (Wildman–Crippen MR) is 108 cm³/mol. The van der Waals surface area contributed by atoms with E-state index in [1.54, 1.807) is 0 Å². The second-order valence-electron chi connectivity index (χ2n) is 8.50. The van der Waals surface area contributed by atoms with E-state index in [0.29, 0.717) is 12.1 Å². The Labute approximate surface area is 164 Å². The molecule has 7 nitrogen and oxygen atoms in total. The molecular formula is C21H27N5O2. The summed E-state index contributed by atoms with van der Waals surface area (Å²) in [7, 11) is 0. The standard InChI is InChI=1S/C21H27N5O2/c1-11-14-8-13-10-23-15(12(2)22)9-16(13)24-17(14)20(28)26-18(11)19(27)25-21(26)6-4-3-5-7-21/h9-10,12,19,24-25,27H,3-8,22H2,1-2H3. The van der Waals surface area contributed by atoms with Crippen LogP contribution in [0.5, 0.6) is 0 Å². The van der Waals surface area contributed by atoms with Crippen LogP contribution in [0.2, 0.25) is 0 Å². The zero-order valence-electron chi connectivity index (χ0n) is 16.4. The van der Waals surface area contributed by atoms with Crippen LogP contribution in [-0.2, 0) is 12.1 Å². The Kier molecular flexibility index (Phi) is 3.91. The zero-order chi connectivity index (χ0) is 19.6. The molecule has 5 rings (SSSR count). The lowest BCUT2D eigenvalue weighted by Gasteiger charge is -2.36. The van der Waals surface area contributed by atoms with Gasteiger partial charge in [0.1, 0.15) is 17.6 Å². The molecule has 4 heterocycles. The predicted octanol–water partition coefficient (Wildman–Crippen LogP) is 2.43. The van der Waals surface area contributed by atoms with Gasteiger partial charge in [0.05, 0.1) is 11.4 Å². The van der Waals surface area contributed by atoms with Gasteiger partial charge in [0.2, 0.25) is 0 Å². The van der Waals surface area contributed by atoms with E-state index in [1.807, 2.05) is 30.7 Å². The highest BCUT2D eigenvalue weighted by Crippen LogP contribution is 2.43. The van der Waals surface area contributed by atoms with Gasteiger partial charge >= 0.3 is 0 Å². The Hall–Kier alpha value is -2.22. The van der Waals surface area contributed by atoms with Gasteiger partial charge in [-0.05, 0) is 62.3 Å². The lowest BCUT2D eigenvalue weighted by molar-refractivity contribution is 0.0786. The molecule has 1 spiro atoms. The number of aliphatic hydroxyl groups is 1. The van der Waals surface area contributed by atoms with Crippen molar-refractivity contribution in [3.05, 3.63) is 50.7 Å². The first-order valence-electron chi connectivity index (χ1n) is 10.2. The van der Waals surface area contributed by atoms with Crippen molar-refractivity contribution >= 4 is 11.4 Å². The fraction of sp³-hybridized carbons (Fsp3) is 0.524. The number of hydrogen-bond acceptors (Lipinski definition) is 6. The van der Waals surface area contributed by atoms with Crippen molar-refractivity contribution < 1.29 is 5.11 Å². The average Bonchev–Trinajstić information content (AvgIpc) is 2.96. The minimum atomic E-state index is -0.809. The van der Waals surface area contributed by atoms with Crippen molar-refractivity contribution in [3.8, 4) is 0 Å². The summed E-state index contributed by atoms with van der Waals surface area (Å²) < 4.78 is 1.84. The van der Waals surface area contributed by atoms with Crippen LogP contribution in [-0.4, -0.2) is 14.7 Å². The van der Waals surface area contributed by atoms with E-state index in [4.69, 9.17) is 5.73 Å². The molecule has 2 unspecified atom stereocenters. The summed E-state index contributed by atoms with van der Waals surface area (Å²) in [6, 6.07) is 1.78. The third kappa shape index (κ3) is 2.40. The van der Waals surface area contributed by atoms with Crippen molar-refractivity contribution in [2.24, 2.45) is 5.73 Å². The lowest BCUT2D eigenvalue weighted by atomic mass is 9.88. The van der Waals surface area contributed by atoms with Crippen LogP contribution in [0.1, 0.15) is 79.4 Å². The Morgan fingerprint density at radius 2 is 2.11 bits per heavy atom. The summed E-state index contributed by atoms with van der Waals surface area (Å²) in [6.07, 6.45) is 6.67. The fourth-order valence-electron chi connectivity index (χ4n) is 5.19. The molecule has 5 N–H and O–H groups in total. The molecule has 148 valence electrons. The van der Waals surface area contributed by atoms with Gasteiger partial charge in [-0.25, -0.2) is 0 Å². The van der Waals surface area contributed by atoms with E-state index in [1.165, 1.54) is 6.42 Å². The van der Waals surface area contributed by atoms with E-state index >= 15 is 0 Å². The van der Waals surface area contributed by atoms with E-state index in [2.05, 4.69) is 15.6 Å². The Morgan fingerprint density at radius 3 is 2.82 bits per heavy atom. The highest BCUT2D eigenvalue weighted by Gasteiger charge is 2.46. The van der Waals surface area contributed by atoms with Crippen LogP contribution in [0.15, 0.2) is 17.1 Å². The van der Waals surface area contributed by atoms with Gasteiger partial charge in [-0.3, -0.25) is 19.7 Å². The average molecular weight is 381 g/mol. The Morgan fingerprint density at radius 1 is 1.36 bits per heavy atom. The molecule has 1 aliphatic carbocycles. The molecular weight excluding hydrogens is 354 g/mol. The number of anilines is 2. The fourth-order valence-corrected chi connectivity index (χ4v) is 5.19. The van der Waals surface area contributed by atoms with Crippen molar-refractivity contribution in [2.75, 3.05) is 5.32 Å². The summed E-state index contributed by atoms with van der Waals surface area (Å²) in [5.74, 6) is 0. The molecule has 2 aromatic rings. The zero-order valence-corrected chi connectivity index (χ0v) is 16.4. The first kappa shape index (κ1) is 17.8. The molecule has 3 aliphatic rings. The topological polar surface area (TPSA) is 105 Å². The number of aliphatic hydroxyl groups excluding tert-OH is 1. The largest absolute Gasteiger partial charge is 0.373 e. The molecule has 0 saturated heterocycles. The van der Waals surface area contributed by atoms with Gasteiger partial charge in [0, 0.05) is 24.3 Å². The summed E-state index contributed by atoms with van der Waals surface area (Å²) in [5.41, 5.74) is 11.5. The maximum absolute atomic E-state index is 13.6. The van der Waals surface area contributed by atoms with Crippen LogP contribution in [0.4, 0.5) is 11.4 Å². The lowest BCUT2D eigenvalue weighted by Crippen LogP contribution is -2.48. The van der Waals surface area contributed by atoms with Gasteiger partial charge in [-0.2, -0.15) is 0 Å². The quantitative estimate of drug-likeness (QED) is 0.516. The number of nitrogens with zero attached hydrogens (tertiary/aromatic N) is 2. The van der Waals surface area contributed by atoms with E-state index < -0.39 is 11.9 Å². The molecule has 0 bridgehead atoms. The van der Waals surface area contributed by atoms with Gasteiger partial charge < -0.3 is 16.2 Å². The number of hydrogen-bond donors (Lipinski definition) is 4. The minimum Gasteiger partial charge on any atom is -0.373 e. The number of pyridine rings is 2. The molecule has 2 atom stereocenters. The normalized spacial score (nSPS) is 22.9. The van der Waals surface area contributed by atoms with E-state index in [0.717, 1.165) is 59.4 Å². The molecule has 0 radical (unpaired) electrons. The molecule has 7 heteroatoms. The second kappa shape index (κ2) is 6.14. The highest BCUT2D eigenvalue weighted by molar-refractivity contribution is 5.73. The van der Waals surface area contributed by atoms with Gasteiger partial charge in [0.15, 0.2) is 0 Å². The van der Waals surface area contributed by atoms with Crippen molar-refractivity contribution in [1.29, 1.82) is 0 Å². The molecule has 0 amide bonds. The van der Waals surface area contributed by atoms with Crippen molar-refractivity contribution in [2.45, 2.75) is 70.3 Å². The highest BCUT2D eigenvalue weighted by atomic mass is 16.3. The van der Waals surface area contributed by atoms with Crippen LogP contribution >= 0.6 is 0 Å². The summed E-state index contributed by atoms with van der Waals surface area (Å²) in [5, 5.41) is 17.5. The molecule has 1 fully saturated rings. The third-order valence-corrected chi connectivity index (χ3v) is 6.67. The molecule has 2 aliphatic heterocycles. The summed E-state index contributed by atoms with van der Waals surface area (Å²) in [6.45, 7) is 3.91. The number of rotatable bonds is 1. The maximum Gasteiger partial charge on any atom is 0.276 e. The summed E-state index contributed by atoms with van der Waals surface area (Å²) in [4.78, 5) is 18.1. The third-order valence-electron chi connectivity index (χ3n) is 6.67. The van der Waals surface area contributed by atoms with Gasteiger partial charge in [0.25, 0.3) is 5.56 Å². The van der Waals surface area contributed by atoms with Crippen LogP contribution in [0.25, 0.3) is 0 Å². The van der Waals surface area contributed by atoms with E-state index in [9.17, 15) is 9.90 Å². The summed E-state index contributed by atoms with van der Waals surface area (Å²) >= 11 is 0. The Bertz CT molecular complexity index is 1020. The van der Waals surface area contributed by atoms with Crippen molar-refractivity contribution in [3.63, 3.8) is 0 Å². The number of nitrogens with one attached hydrogen (secondary N) is 2. The van der Waals surface area contributed by atoms with Crippen LogP contribution in [0, 0.1) is 6.92 Å². The monoisotopic (exact) mass is 381 g/mol. The maximum atomic E-state index is 13.6. The minimum absolute atomic E-state index is 0.0497. The number of aromatic nitrogens is 2. The second-order valence-corrected chi connectivity index (χ2v) is 8.50. The number of fused-ring (bicyclic) bond motifs is 4. The van der Waals surface area contributed by atoms with E-state index in [-0.39, 0.29) is 11.6 Å². The molecule has 0 aromatic carbocycles. The number of nitrogens with two attached hydrogens (primary N) is 1. The van der Waals surface area contributed by atoms with Crippen molar-refractivity contribution in [1.82, 2.24) is 14.9 Å².